The Morgan fingerprint density at radius 1 is 1.12 bits per heavy atom. The molecule has 0 heterocycles. The quantitative estimate of drug-likeness (QED) is 0.638. The van der Waals surface area contributed by atoms with Gasteiger partial charge >= 0.3 is 0 Å². The highest BCUT2D eigenvalue weighted by Crippen LogP contribution is 2.28. The number of hydrogen-bond acceptors (Lipinski definition) is 4. The first kappa shape index (κ1) is 10.9. The van der Waals surface area contributed by atoms with Gasteiger partial charge in [-0.1, -0.05) is 24.3 Å². The fraction of sp³-hybridized carbons (Fsp3) is 0.0909. The molecule has 0 aliphatic heterocycles. The molecule has 0 radical (unpaired) electrons. The molecule has 0 bridgehead atoms. The van der Waals surface area contributed by atoms with Crippen molar-refractivity contribution >= 4 is 26.6 Å². The molecular weight excluding hydrogens is 226 g/mol. The molecule has 0 aliphatic carbocycles. The Kier molecular flexibility index (Phi) is 2.57. The Labute approximate surface area is 93.8 Å². The van der Waals surface area contributed by atoms with Crippen LogP contribution in [0.15, 0.2) is 41.3 Å². The summed E-state index contributed by atoms with van der Waals surface area (Å²) in [6.07, 6.45) is 0. The van der Waals surface area contributed by atoms with E-state index in [-0.39, 0.29) is 4.90 Å². The summed E-state index contributed by atoms with van der Waals surface area (Å²) in [5, 5.41) is 1.28. The summed E-state index contributed by atoms with van der Waals surface area (Å²) in [4.78, 5) is 0.102. The summed E-state index contributed by atoms with van der Waals surface area (Å²) in [5.74, 6) is 0. The van der Waals surface area contributed by atoms with Gasteiger partial charge in [-0.15, -0.1) is 0 Å². The third-order valence-corrected chi connectivity index (χ3v) is 3.71. The van der Waals surface area contributed by atoms with Gasteiger partial charge in [-0.3, -0.25) is 4.18 Å². The lowest BCUT2D eigenvalue weighted by Gasteiger charge is -2.08. The van der Waals surface area contributed by atoms with Crippen LogP contribution in [0.1, 0.15) is 0 Å². The van der Waals surface area contributed by atoms with Gasteiger partial charge in [-0.05, 0) is 17.5 Å². The molecule has 0 fully saturated rings. The first-order valence-corrected chi connectivity index (χ1v) is 6.05. The molecule has 2 N–H and O–H groups in total. The largest absolute Gasteiger partial charge is 0.398 e. The van der Waals surface area contributed by atoms with Crippen LogP contribution in [0.3, 0.4) is 0 Å². The van der Waals surface area contributed by atoms with Crippen LogP contribution in [0, 0.1) is 0 Å². The third kappa shape index (κ3) is 1.64. The van der Waals surface area contributed by atoms with Crippen molar-refractivity contribution in [1.29, 1.82) is 0 Å². The zero-order valence-corrected chi connectivity index (χ0v) is 9.49. The van der Waals surface area contributed by atoms with Crippen LogP contribution in [0.2, 0.25) is 0 Å². The van der Waals surface area contributed by atoms with E-state index in [1.807, 2.05) is 0 Å². The Bertz CT molecular complexity index is 629. The highest BCUT2D eigenvalue weighted by atomic mass is 32.2. The molecule has 0 amide bonds. The minimum Gasteiger partial charge on any atom is -0.398 e. The molecule has 0 spiro atoms. The molecule has 2 rings (SSSR count). The van der Waals surface area contributed by atoms with Crippen molar-refractivity contribution in [2.45, 2.75) is 4.90 Å². The number of anilines is 1. The number of nitrogens with two attached hydrogens (primary N) is 1. The summed E-state index contributed by atoms with van der Waals surface area (Å²) in [5.41, 5.74) is 6.21. The van der Waals surface area contributed by atoms with Gasteiger partial charge in [-0.25, -0.2) is 0 Å². The number of hydrogen-bond donors (Lipinski definition) is 1. The first-order chi connectivity index (χ1) is 7.56. The lowest BCUT2D eigenvalue weighted by atomic mass is 10.1. The summed E-state index contributed by atoms with van der Waals surface area (Å²) in [7, 11) is -2.60. The maximum Gasteiger partial charge on any atom is 0.297 e. The van der Waals surface area contributed by atoms with Crippen LogP contribution in [-0.2, 0) is 14.3 Å². The van der Waals surface area contributed by atoms with Gasteiger partial charge < -0.3 is 5.73 Å². The Morgan fingerprint density at radius 2 is 1.75 bits per heavy atom. The van der Waals surface area contributed by atoms with Gasteiger partial charge in [0.25, 0.3) is 10.1 Å². The van der Waals surface area contributed by atoms with Crippen LogP contribution in [0.25, 0.3) is 10.8 Å². The molecule has 0 unspecified atom stereocenters. The second kappa shape index (κ2) is 3.77. The summed E-state index contributed by atoms with van der Waals surface area (Å²) in [6, 6.07) is 10.2. The van der Waals surface area contributed by atoms with Crippen LogP contribution in [0.5, 0.6) is 0 Å². The summed E-state index contributed by atoms with van der Waals surface area (Å²) < 4.78 is 27.9. The van der Waals surface area contributed by atoms with Crippen LogP contribution in [0.4, 0.5) is 5.69 Å². The van der Waals surface area contributed by atoms with Gasteiger partial charge in [0.15, 0.2) is 0 Å². The molecule has 84 valence electrons. The summed E-state index contributed by atoms with van der Waals surface area (Å²) >= 11 is 0. The van der Waals surface area contributed by atoms with E-state index in [0.717, 1.165) is 12.5 Å². The molecule has 0 saturated heterocycles. The van der Waals surface area contributed by atoms with E-state index in [0.29, 0.717) is 11.1 Å². The van der Waals surface area contributed by atoms with Gasteiger partial charge in [0.2, 0.25) is 0 Å². The minimum absolute atomic E-state index is 0.102. The van der Waals surface area contributed by atoms with E-state index in [9.17, 15) is 8.42 Å². The lowest BCUT2D eigenvalue weighted by Crippen LogP contribution is -2.04. The third-order valence-electron chi connectivity index (χ3n) is 2.39. The molecule has 0 aliphatic rings. The second-order valence-corrected chi connectivity index (χ2v) is 5.00. The fourth-order valence-electron chi connectivity index (χ4n) is 1.63. The van der Waals surface area contributed by atoms with E-state index in [2.05, 4.69) is 4.18 Å². The molecule has 4 nitrogen and oxygen atoms in total. The number of benzene rings is 2. The SMILES string of the molecule is COS(=O)(=O)c1cccc2cccc(N)c12. The molecule has 0 atom stereocenters. The van der Waals surface area contributed by atoms with E-state index in [1.54, 1.807) is 30.3 Å². The van der Waals surface area contributed by atoms with Crippen molar-refractivity contribution in [2.75, 3.05) is 12.8 Å². The van der Waals surface area contributed by atoms with Gasteiger partial charge in [-0.2, -0.15) is 8.42 Å². The smallest absolute Gasteiger partial charge is 0.297 e. The van der Waals surface area contributed by atoms with Crippen molar-refractivity contribution in [3.63, 3.8) is 0 Å². The fourth-order valence-corrected chi connectivity index (χ4v) is 2.54. The average molecular weight is 237 g/mol. The topological polar surface area (TPSA) is 69.4 Å². The van der Waals surface area contributed by atoms with Crippen molar-refractivity contribution in [3.8, 4) is 0 Å². The zero-order chi connectivity index (χ0) is 11.8. The van der Waals surface area contributed by atoms with E-state index in [1.165, 1.54) is 6.07 Å². The second-order valence-electron chi connectivity index (χ2n) is 3.32. The van der Waals surface area contributed by atoms with Crippen molar-refractivity contribution < 1.29 is 12.6 Å². The first-order valence-electron chi connectivity index (χ1n) is 4.64. The Morgan fingerprint density at radius 3 is 2.38 bits per heavy atom. The van der Waals surface area contributed by atoms with Crippen LogP contribution >= 0.6 is 0 Å². The molecule has 2 aromatic carbocycles. The standard InChI is InChI=1S/C11H11NO3S/c1-15-16(13,14)10-7-3-5-8-4-2-6-9(12)11(8)10/h2-7H,12H2,1H3. The Hall–Kier alpha value is -1.59. The van der Waals surface area contributed by atoms with Crippen molar-refractivity contribution in [2.24, 2.45) is 0 Å². The predicted octanol–water partition coefficient (Wildman–Crippen LogP) is 1.76. The van der Waals surface area contributed by atoms with Gasteiger partial charge in [0.05, 0.1) is 7.11 Å². The number of rotatable bonds is 2. The molecule has 0 aromatic heterocycles. The molecule has 2 aromatic rings. The van der Waals surface area contributed by atoms with Gasteiger partial charge in [0, 0.05) is 11.1 Å². The molecule has 16 heavy (non-hydrogen) atoms. The normalized spacial score (nSPS) is 11.8. The van der Waals surface area contributed by atoms with Crippen molar-refractivity contribution in [1.82, 2.24) is 0 Å². The number of fused-ring (bicyclic) bond motifs is 1. The average Bonchev–Trinajstić information content (AvgIpc) is 2.29. The predicted molar refractivity (Wildman–Crippen MR) is 62.6 cm³/mol. The van der Waals surface area contributed by atoms with E-state index < -0.39 is 10.1 Å². The van der Waals surface area contributed by atoms with E-state index >= 15 is 0 Å². The Balaban J connectivity index is 2.91. The monoisotopic (exact) mass is 237 g/mol. The van der Waals surface area contributed by atoms with E-state index in [4.69, 9.17) is 5.73 Å². The lowest BCUT2D eigenvalue weighted by molar-refractivity contribution is 0.398. The number of nitrogen functional groups attached to an aromatic ring is 1. The highest BCUT2D eigenvalue weighted by Gasteiger charge is 2.17. The maximum absolute atomic E-state index is 11.7. The van der Waals surface area contributed by atoms with Gasteiger partial charge in [0.1, 0.15) is 4.90 Å². The molecular formula is C11H11NO3S. The highest BCUT2D eigenvalue weighted by molar-refractivity contribution is 7.87. The molecule has 5 heteroatoms. The van der Waals surface area contributed by atoms with Crippen molar-refractivity contribution in [3.05, 3.63) is 36.4 Å². The maximum atomic E-state index is 11.7. The van der Waals surface area contributed by atoms with Crippen LogP contribution < -0.4 is 5.73 Å². The zero-order valence-electron chi connectivity index (χ0n) is 8.67. The molecule has 0 saturated carbocycles. The minimum atomic E-state index is -3.73. The summed E-state index contributed by atoms with van der Waals surface area (Å²) in [6.45, 7) is 0. The van der Waals surface area contributed by atoms with Crippen LogP contribution in [-0.4, -0.2) is 15.5 Å².